The number of hydrogen-bond acceptors (Lipinski definition) is 4. The maximum atomic E-state index is 12.0. The Hall–Kier alpha value is -1.89. The Morgan fingerprint density at radius 2 is 2.16 bits per heavy atom. The third-order valence-corrected chi connectivity index (χ3v) is 3.53. The zero-order chi connectivity index (χ0) is 13.8. The van der Waals surface area contributed by atoms with E-state index in [9.17, 15) is 14.7 Å². The zero-order valence-electron chi connectivity index (χ0n) is 10.4. The molecule has 0 spiro atoms. The normalized spacial score (nSPS) is 23.0. The molecule has 104 valence electrons. The zero-order valence-corrected chi connectivity index (χ0v) is 10.4. The molecular weight excluding hydrogens is 250 g/mol. The lowest BCUT2D eigenvalue weighted by atomic mass is 9.85. The van der Waals surface area contributed by atoms with Crippen molar-refractivity contribution in [3.8, 4) is 0 Å². The van der Waals surface area contributed by atoms with Crippen molar-refractivity contribution >= 4 is 11.9 Å². The topological polar surface area (TPSA) is 115 Å². The van der Waals surface area contributed by atoms with Gasteiger partial charge in [-0.25, -0.2) is 9.78 Å². The smallest absolute Gasteiger partial charge is 0.354 e. The molecule has 1 aromatic rings. The molecule has 2 atom stereocenters. The number of aromatic carboxylic acids is 1. The van der Waals surface area contributed by atoms with Crippen LogP contribution in [0.4, 0.5) is 0 Å². The van der Waals surface area contributed by atoms with E-state index < -0.39 is 11.9 Å². The van der Waals surface area contributed by atoms with Crippen LogP contribution in [-0.2, 0) is 0 Å². The summed E-state index contributed by atoms with van der Waals surface area (Å²) in [7, 11) is 0. The number of aromatic nitrogens is 2. The molecule has 2 unspecified atom stereocenters. The van der Waals surface area contributed by atoms with Gasteiger partial charge in [0.2, 0.25) is 0 Å². The van der Waals surface area contributed by atoms with E-state index >= 15 is 0 Å². The molecule has 0 radical (unpaired) electrons. The minimum atomic E-state index is -1.22. The summed E-state index contributed by atoms with van der Waals surface area (Å²) in [6, 6.07) is -0.121. The van der Waals surface area contributed by atoms with Crippen molar-refractivity contribution in [2.45, 2.75) is 31.7 Å². The number of carbonyl (C=O) groups is 2. The number of carboxylic acids is 1. The molecule has 7 nitrogen and oxygen atoms in total. The van der Waals surface area contributed by atoms with Gasteiger partial charge in [-0.15, -0.1) is 0 Å². The minimum Gasteiger partial charge on any atom is -0.477 e. The van der Waals surface area contributed by atoms with Crippen molar-refractivity contribution in [1.29, 1.82) is 0 Å². The standard InChI is InChI=1S/C12H17N3O4/c16-5-7-3-1-2-4-8(7)15-11(17)9-10(12(18)19)14-6-13-9/h6-8,16H,1-5H2,(H,13,14)(H,15,17)(H,18,19). The third-order valence-electron chi connectivity index (χ3n) is 3.53. The number of rotatable bonds is 4. The summed E-state index contributed by atoms with van der Waals surface area (Å²) in [5.41, 5.74) is -0.330. The Balaban J connectivity index is 2.07. The molecule has 1 aliphatic carbocycles. The number of aliphatic hydroxyl groups excluding tert-OH is 1. The van der Waals surface area contributed by atoms with Gasteiger partial charge in [-0.2, -0.15) is 0 Å². The van der Waals surface area contributed by atoms with Gasteiger partial charge in [0, 0.05) is 18.6 Å². The second-order valence-corrected chi connectivity index (χ2v) is 4.74. The summed E-state index contributed by atoms with van der Waals surface area (Å²) in [6.45, 7) is 0.0251. The Labute approximate surface area is 110 Å². The Morgan fingerprint density at radius 1 is 1.42 bits per heavy atom. The van der Waals surface area contributed by atoms with Gasteiger partial charge in [0.15, 0.2) is 11.4 Å². The van der Waals surface area contributed by atoms with Crippen LogP contribution in [0.15, 0.2) is 6.33 Å². The molecule has 7 heteroatoms. The van der Waals surface area contributed by atoms with Crippen LogP contribution in [-0.4, -0.2) is 44.7 Å². The van der Waals surface area contributed by atoms with Gasteiger partial charge in [-0.3, -0.25) is 4.79 Å². The van der Waals surface area contributed by atoms with Gasteiger partial charge in [0.05, 0.1) is 6.33 Å². The molecule has 1 aliphatic rings. The summed E-state index contributed by atoms with van der Waals surface area (Å²) < 4.78 is 0. The fraction of sp³-hybridized carbons (Fsp3) is 0.583. The molecule has 1 saturated carbocycles. The first-order valence-corrected chi connectivity index (χ1v) is 6.32. The number of imidazole rings is 1. The van der Waals surface area contributed by atoms with Crippen molar-refractivity contribution in [2.75, 3.05) is 6.61 Å². The minimum absolute atomic E-state index is 0.0251. The maximum Gasteiger partial charge on any atom is 0.354 e. The Kier molecular flexibility index (Phi) is 4.16. The molecule has 1 fully saturated rings. The average molecular weight is 267 g/mol. The van der Waals surface area contributed by atoms with Crippen molar-refractivity contribution in [1.82, 2.24) is 15.3 Å². The molecule has 19 heavy (non-hydrogen) atoms. The highest BCUT2D eigenvalue weighted by atomic mass is 16.4. The van der Waals surface area contributed by atoms with Gasteiger partial charge in [0.1, 0.15) is 0 Å². The van der Waals surface area contributed by atoms with Gasteiger partial charge >= 0.3 is 5.97 Å². The lowest BCUT2D eigenvalue weighted by Gasteiger charge is -2.30. The molecule has 0 saturated heterocycles. The van der Waals surface area contributed by atoms with E-state index in [0.717, 1.165) is 25.7 Å². The first-order valence-electron chi connectivity index (χ1n) is 6.32. The van der Waals surface area contributed by atoms with E-state index in [-0.39, 0.29) is 30.0 Å². The molecule has 0 aliphatic heterocycles. The quantitative estimate of drug-likeness (QED) is 0.630. The summed E-state index contributed by atoms with van der Waals surface area (Å²) in [4.78, 5) is 29.1. The highest BCUT2D eigenvalue weighted by Gasteiger charge is 2.28. The second-order valence-electron chi connectivity index (χ2n) is 4.74. The monoisotopic (exact) mass is 267 g/mol. The van der Waals surface area contributed by atoms with Crippen LogP contribution in [0, 0.1) is 5.92 Å². The largest absolute Gasteiger partial charge is 0.477 e. The average Bonchev–Trinajstić information content (AvgIpc) is 2.88. The number of hydrogen-bond donors (Lipinski definition) is 4. The number of nitrogens with zero attached hydrogens (tertiary/aromatic N) is 1. The van der Waals surface area contributed by atoms with Crippen LogP contribution in [0.2, 0.25) is 0 Å². The van der Waals surface area contributed by atoms with Gasteiger partial charge in [-0.05, 0) is 12.8 Å². The van der Waals surface area contributed by atoms with Crippen LogP contribution in [0.3, 0.4) is 0 Å². The van der Waals surface area contributed by atoms with E-state index in [1.165, 1.54) is 6.33 Å². The Bertz CT molecular complexity index is 471. The highest BCUT2D eigenvalue weighted by Crippen LogP contribution is 2.24. The molecule has 1 aromatic heterocycles. The first-order chi connectivity index (χ1) is 9.13. The van der Waals surface area contributed by atoms with Gasteiger partial charge < -0.3 is 20.5 Å². The van der Waals surface area contributed by atoms with Gasteiger partial charge in [0.25, 0.3) is 5.91 Å². The highest BCUT2D eigenvalue weighted by molar-refractivity contribution is 6.02. The lowest BCUT2D eigenvalue weighted by molar-refractivity contribution is 0.0682. The number of amides is 1. The summed E-state index contributed by atoms with van der Waals surface area (Å²) >= 11 is 0. The van der Waals surface area contributed by atoms with E-state index in [1.807, 2.05) is 0 Å². The van der Waals surface area contributed by atoms with Crippen molar-refractivity contribution in [2.24, 2.45) is 5.92 Å². The SMILES string of the molecule is O=C(NC1CCCCC1CO)c1nc[nH]c1C(=O)O. The molecule has 0 aromatic carbocycles. The number of aliphatic hydroxyl groups is 1. The maximum absolute atomic E-state index is 12.0. The lowest BCUT2D eigenvalue weighted by Crippen LogP contribution is -2.43. The molecule has 0 bridgehead atoms. The van der Waals surface area contributed by atoms with E-state index in [0.29, 0.717) is 0 Å². The van der Waals surface area contributed by atoms with Gasteiger partial charge in [-0.1, -0.05) is 12.8 Å². The van der Waals surface area contributed by atoms with Crippen LogP contribution < -0.4 is 5.32 Å². The predicted molar refractivity (Wildman–Crippen MR) is 65.8 cm³/mol. The molecule has 2 rings (SSSR count). The number of aromatic amines is 1. The molecule has 1 amide bonds. The number of nitrogens with one attached hydrogen (secondary N) is 2. The third kappa shape index (κ3) is 2.93. The van der Waals surface area contributed by atoms with E-state index in [2.05, 4.69) is 15.3 Å². The van der Waals surface area contributed by atoms with E-state index in [4.69, 9.17) is 5.11 Å². The van der Waals surface area contributed by atoms with Crippen molar-refractivity contribution in [3.63, 3.8) is 0 Å². The Morgan fingerprint density at radius 3 is 2.84 bits per heavy atom. The van der Waals surface area contributed by atoms with Crippen LogP contribution in [0.5, 0.6) is 0 Å². The second kappa shape index (κ2) is 5.83. The summed E-state index contributed by atoms with van der Waals surface area (Å²) in [5, 5.41) is 21.0. The van der Waals surface area contributed by atoms with Crippen LogP contribution in [0.25, 0.3) is 0 Å². The van der Waals surface area contributed by atoms with Crippen LogP contribution >= 0.6 is 0 Å². The summed E-state index contributed by atoms with van der Waals surface area (Å²) in [5.74, 6) is -1.70. The number of carbonyl (C=O) groups excluding carboxylic acids is 1. The first kappa shape index (κ1) is 13.5. The van der Waals surface area contributed by atoms with Crippen molar-refractivity contribution in [3.05, 3.63) is 17.7 Å². The van der Waals surface area contributed by atoms with E-state index in [1.54, 1.807) is 0 Å². The predicted octanol–water partition coefficient (Wildman–Crippen LogP) is 0.389. The fourth-order valence-electron chi connectivity index (χ4n) is 2.48. The molecular formula is C12H17N3O4. The summed E-state index contributed by atoms with van der Waals surface area (Å²) in [6.07, 6.45) is 4.88. The number of carboxylic acid groups (broad SMARTS) is 1. The molecule has 4 N–H and O–H groups in total. The molecule has 1 heterocycles. The van der Waals surface area contributed by atoms with Crippen molar-refractivity contribution < 1.29 is 19.8 Å². The number of H-pyrrole nitrogens is 1. The fourth-order valence-corrected chi connectivity index (χ4v) is 2.48. The van der Waals surface area contributed by atoms with Crippen LogP contribution in [0.1, 0.15) is 46.7 Å².